The van der Waals surface area contributed by atoms with E-state index in [1.807, 2.05) is 13.0 Å². The highest BCUT2D eigenvalue weighted by molar-refractivity contribution is 6.32. The van der Waals surface area contributed by atoms with E-state index in [-0.39, 0.29) is 5.91 Å². The van der Waals surface area contributed by atoms with Gasteiger partial charge in [-0.25, -0.2) is 10.1 Å². The van der Waals surface area contributed by atoms with Gasteiger partial charge in [0.15, 0.2) is 0 Å². The fourth-order valence-corrected chi connectivity index (χ4v) is 2.78. The average molecular weight is 348 g/mol. The molecule has 1 amide bonds. The molecule has 26 heavy (non-hydrogen) atoms. The van der Waals surface area contributed by atoms with Crippen LogP contribution in [0.15, 0.2) is 86.2 Å². The monoisotopic (exact) mass is 348 g/mol. The van der Waals surface area contributed by atoms with Crippen molar-refractivity contribution in [3.8, 4) is 0 Å². The number of carbonyl (C=O) groups excluding carboxylic acids is 1. The molecule has 0 aromatic rings. The number of rotatable bonds is 1. The lowest BCUT2D eigenvalue weighted by atomic mass is 10.0. The minimum Gasteiger partial charge on any atom is -0.365 e. The molecule has 0 aromatic carbocycles. The Hall–Kier alpha value is -3.52. The Kier molecular flexibility index (Phi) is 3.94. The number of carbonyl (C=O) groups is 1. The van der Waals surface area contributed by atoms with E-state index in [0.717, 1.165) is 16.3 Å². The van der Waals surface area contributed by atoms with Crippen LogP contribution in [-0.2, 0) is 4.79 Å². The van der Waals surface area contributed by atoms with Gasteiger partial charge in [0.1, 0.15) is 11.5 Å². The molecule has 0 saturated carbocycles. The number of hydrogen-bond donors (Lipinski definition) is 3. The van der Waals surface area contributed by atoms with Crippen LogP contribution in [0.4, 0.5) is 0 Å². The van der Waals surface area contributed by atoms with E-state index in [1.165, 1.54) is 6.20 Å². The van der Waals surface area contributed by atoms with Crippen molar-refractivity contribution >= 4 is 23.5 Å². The van der Waals surface area contributed by atoms with Gasteiger partial charge in [-0.15, -0.1) is 0 Å². The van der Waals surface area contributed by atoms with Crippen molar-refractivity contribution in [2.75, 3.05) is 6.54 Å². The SMILES string of the molecule is CC1=C(C(=O)N=C2C=CC3=NN=CC3=C2)CNC(=C2C=CC=CN2O)N1. The van der Waals surface area contributed by atoms with Gasteiger partial charge in [0.05, 0.1) is 23.2 Å². The molecule has 130 valence electrons. The predicted octanol–water partition coefficient (Wildman–Crippen LogP) is 1.30. The van der Waals surface area contributed by atoms with Gasteiger partial charge < -0.3 is 10.6 Å². The summed E-state index contributed by atoms with van der Waals surface area (Å²) in [4.78, 5) is 16.7. The van der Waals surface area contributed by atoms with Crippen molar-refractivity contribution in [1.29, 1.82) is 0 Å². The smallest absolute Gasteiger partial charge is 0.277 e. The molecule has 1 aliphatic carbocycles. The number of amides is 1. The topological polar surface area (TPSA) is 102 Å². The summed E-state index contributed by atoms with van der Waals surface area (Å²) in [7, 11) is 0. The fraction of sp³-hybridized carbons (Fsp3) is 0.111. The first-order valence-corrected chi connectivity index (χ1v) is 8.04. The van der Waals surface area contributed by atoms with Crippen LogP contribution in [0.1, 0.15) is 6.92 Å². The number of aliphatic imine (C=N–C) groups is 1. The molecule has 0 radical (unpaired) electrons. The van der Waals surface area contributed by atoms with E-state index >= 15 is 0 Å². The van der Waals surface area contributed by atoms with Crippen molar-refractivity contribution in [1.82, 2.24) is 15.7 Å². The summed E-state index contributed by atoms with van der Waals surface area (Å²) < 4.78 is 0. The summed E-state index contributed by atoms with van der Waals surface area (Å²) in [6, 6.07) is 0. The van der Waals surface area contributed by atoms with Crippen LogP contribution in [0.25, 0.3) is 0 Å². The Morgan fingerprint density at radius 3 is 3.00 bits per heavy atom. The Bertz CT molecular complexity index is 956. The van der Waals surface area contributed by atoms with Crippen LogP contribution in [0.3, 0.4) is 0 Å². The van der Waals surface area contributed by atoms with Crippen molar-refractivity contribution in [2.45, 2.75) is 6.92 Å². The summed E-state index contributed by atoms with van der Waals surface area (Å²) in [5.41, 5.74) is 3.96. The predicted molar refractivity (Wildman–Crippen MR) is 98.4 cm³/mol. The van der Waals surface area contributed by atoms with Gasteiger partial charge >= 0.3 is 0 Å². The summed E-state index contributed by atoms with van der Waals surface area (Å²) >= 11 is 0. The van der Waals surface area contributed by atoms with Crippen LogP contribution < -0.4 is 10.6 Å². The van der Waals surface area contributed by atoms with Gasteiger partial charge in [-0.2, -0.15) is 10.2 Å². The highest BCUT2D eigenvalue weighted by atomic mass is 16.5. The zero-order chi connectivity index (χ0) is 18.1. The van der Waals surface area contributed by atoms with Gasteiger partial charge in [-0.1, -0.05) is 6.08 Å². The molecule has 0 spiro atoms. The number of hydrogen-bond acceptors (Lipinski definition) is 7. The Labute approximate surface area is 149 Å². The molecular weight excluding hydrogens is 332 g/mol. The Morgan fingerprint density at radius 2 is 2.19 bits per heavy atom. The number of fused-ring (bicyclic) bond motifs is 1. The molecule has 3 N–H and O–H groups in total. The molecule has 4 aliphatic rings. The zero-order valence-electron chi connectivity index (χ0n) is 14.0. The van der Waals surface area contributed by atoms with Crippen LogP contribution in [-0.4, -0.2) is 40.4 Å². The highest BCUT2D eigenvalue weighted by Crippen LogP contribution is 2.18. The van der Waals surface area contributed by atoms with Crippen LogP contribution >= 0.6 is 0 Å². The molecule has 0 saturated heterocycles. The summed E-state index contributed by atoms with van der Waals surface area (Å²) in [6.45, 7) is 2.12. The van der Waals surface area contributed by atoms with Crippen LogP contribution in [0, 0.1) is 0 Å². The maximum Gasteiger partial charge on any atom is 0.277 e. The molecule has 3 aliphatic heterocycles. The maximum absolute atomic E-state index is 12.6. The lowest BCUT2D eigenvalue weighted by Crippen LogP contribution is -2.38. The normalized spacial score (nSPS) is 25.2. The van der Waals surface area contributed by atoms with Gasteiger partial charge in [0.2, 0.25) is 0 Å². The van der Waals surface area contributed by atoms with E-state index in [1.54, 1.807) is 36.6 Å². The van der Waals surface area contributed by atoms with E-state index in [4.69, 9.17) is 0 Å². The van der Waals surface area contributed by atoms with Gasteiger partial charge in [0.25, 0.3) is 5.91 Å². The number of hydroxylamine groups is 2. The first kappa shape index (κ1) is 16.0. The second-order valence-electron chi connectivity index (χ2n) is 5.89. The highest BCUT2D eigenvalue weighted by Gasteiger charge is 2.22. The van der Waals surface area contributed by atoms with E-state index in [9.17, 15) is 10.0 Å². The number of nitrogens with zero attached hydrogens (tertiary/aromatic N) is 4. The number of nitrogens with one attached hydrogen (secondary N) is 2. The molecule has 0 aromatic heterocycles. The first-order valence-electron chi connectivity index (χ1n) is 8.04. The minimum absolute atomic E-state index is 0.313. The largest absolute Gasteiger partial charge is 0.365 e. The van der Waals surface area contributed by atoms with Crippen molar-refractivity contribution in [3.63, 3.8) is 0 Å². The van der Waals surface area contributed by atoms with E-state index in [2.05, 4.69) is 25.8 Å². The van der Waals surface area contributed by atoms with Gasteiger partial charge in [0, 0.05) is 24.0 Å². The third kappa shape index (κ3) is 2.93. The third-order valence-electron chi connectivity index (χ3n) is 4.16. The van der Waals surface area contributed by atoms with Crippen molar-refractivity contribution < 1.29 is 10.0 Å². The summed E-state index contributed by atoms with van der Waals surface area (Å²) in [5.74, 6) is 0.302. The van der Waals surface area contributed by atoms with Crippen LogP contribution in [0.5, 0.6) is 0 Å². The lowest BCUT2D eigenvalue weighted by molar-refractivity contribution is -0.114. The lowest BCUT2D eigenvalue weighted by Gasteiger charge is -2.27. The fourth-order valence-electron chi connectivity index (χ4n) is 2.78. The first-order chi connectivity index (χ1) is 12.6. The molecule has 0 atom stereocenters. The standard InChI is InChI=1S/C18H16N6O2/c1-11-14(10-19-17(21-11)16-4-2-3-7-24(16)26)18(25)22-13-5-6-15-12(8-13)9-20-23-15/h2-9,19,21,26H,10H2,1H3. The van der Waals surface area contributed by atoms with Crippen molar-refractivity contribution in [2.24, 2.45) is 15.2 Å². The van der Waals surface area contributed by atoms with Crippen molar-refractivity contribution in [3.05, 3.63) is 71.0 Å². The van der Waals surface area contributed by atoms with Gasteiger partial charge in [-0.05, 0) is 37.3 Å². The molecule has 4 rings (SSSR count). The quantitative estimate of drug-likeness (QED) is 0.620. The average Bonchev–Trinajstić information content (AvgIpc) is 3.09. The molecule has 8 heteroatoms. The second-order valence-corrected chi connectivity index (χ2v) is 5.89. The van der Waals surface area contributed by atoms with Crippen LogP contribution in [0.2, 0.25) is 0 Å². The summed E-state index contributed by atoms with van der Waals surface area (Å²) in [6.07, 6.45) is 13.8. The zero-order valence-corrected chi connectivity index (χ0v) is 14.0. The summed E-state index contributed by atoms with van der Waals surface area (Å²) in [5, 5.41) is 24.9. The molecule has 0 bridgehead atoms. The second kappa shape index (κ2) is 6.41. The molecule has 0 unspecified atom stereocenters. The Morgan fingerprint density at radius 1 is 1.31 bits per heavy atom. The van der Waals surface area contributed by atoms with E-state index < -0.39 is 0 Å². The Balaban J connectivity index is 1.55. The maximum atomic E-state index is 12.6. The molecular formula is C18H16N6O2. The molecule has 0 fully saturated rings. The van der Waals surface area contributed by atoms with Gasteiger partial charge in [-0.3, -0.25) is 10.0 Å². The molecule has 8 nitrogen and oxygen atoms in total. The third-order valence-corrected chi connectivity index (χ3v) is 4.16. The minimum atomic E-state index is -0.321. The van der Waals surface area contributed by atoms with E-state index in [0.29, 0.717) is 35.0 Å². The molecule has 3 heterocycles. The number of allylic oxidation sites excluding steroid dienone is 8.